The predicted octanol–water partition coefficient (Wildman–Crippen LogP) is 4.72. The first-order chi connectivity index (χ1) is 13.1. The zero-order chi connectivity index (χ0) is 20.2. The summed E-state index contributed by atoms with van der Waals surface area (Å²) in [5.74, 6) is 0.496. The minimum absolute atomic E-state index is 0.0860. The van der Waals surface area contributed by atoms with Crippen molar-refractivity contribution in [2.45, 2.75) is 77.2 Å². The number of esters is 2. The SMILES string of the molecule is Cc1ccc(C23C[C@H]4C[C@@H](CC(C(=O)OCC(=O)OC(C)(C)C)(C4)C2)C3)cc1. The van der Waals surface area contributed by atoms with E-state index in [-0.39, 0.29) is 18.0 Å². The molecule has 0 radical (unpaired) electrons. The lowest BCUT2D eigenvalue weighted by Gasteiger charge is -2.61. The average Bonchev–Trinajstić information content (AvgIpc) is 2.57. The van der Waals surface area contributed by atoms with Crippen LogP contribution in [0.4, 0.5) is 0 Å². The molecule has 1 aromatic rings. The molecule has 4 bridgehead atoms. The number of carbonyl (C=O) groups excluding carboxylic acids is 2. The maximum absolute atomic E-state index is 13.2. The molecule has 5 rings (SSSR count). The number of rotatable bonds is 4. The number of hydrogen-bond donors (Lipinski definition) is 0. The van der Waals surface area contributed by atoms with Gasteiger partial charge in [-0.3, -0.25) is 4.79 Å². The van der Waals surface area contributed by atoms with Crippen molar-refractivity contribution in [2.24, 2.45) is 17.3 Å². The van der Waals surface area contributed by atoms with E-state index in [0.717, 1.165) is 19.3 Å². The lowest BCUT2D eigenvalue weighted by Crippen LogP contribution is -2.57. The van der Waals surface area contributed by atoms with Crippen LogP contribution in [0.2, 0.25) is 0 Å². The topological polar surface area (TPSA) is 52.6 Å². The highest BCUT2D eigenvalue weighted by atomic mass is 16.6. The summed E-state index contributed by atoms with van der Waals surface area (Å²) in [4.78, 5) is 25.2. The summed E-state index contributed by atoms with van der Waals surface area (Å²) in [5, 5.41) is 0. The largest absolute Gasteiger partial charge is 0.457 e. The smallest absolute Gasteiger partial charge is 0.344 e. The van der Waals surface area contributed by atoms with Gasteiger partial charge in [0, 0.05) is 0 Å². The first kappa shape index (κ1) is 19.5. The fraction of sp³-hybridized carbons (Fsp3) is 0.667. The summed E-state index contributed by atoms with van der Waals surface area (Å²) in [6.45, 7) is 7.27. The minimum atomic E-state index is -0.570. The van der Waals surface area contributed by atoms with Crippen LogP contribution in [0.3, 0.4) is 0 Å². The zero-order valence-corrected chi connectivity index (χ0v) is 17.5. The van der Waals surface area contributed by atoms with Gasteiger partial charge in [-0.05, 0) is 89.0 Å². The highest BCUT2D eigenvalue weighted by molar-refractivity contribution is 5.81. The monoisotopic (exact) mass is 384 g/mol. The van der Waals surface area contributed by atoms with Gasteiger partial charge >= 0.3 is 11.9 Å². The zero-order valence-electron chi connectivity index (χ0n) is 17.5. The van der Waals surface area contributed by atoms with Gasteiger partial charge in [0.25, 0.3) is 0 Å². The van der Waals surface area contributed by atoms with Gasteiger partial charge < -0.3 is 9.47 Å². The third-order valence-corrected chi connectivity index (χ3v) is 6.90. The van der Waals surface area contributed by atoms with Crippen LogP contribution < -0.4 is 0 Å². The van der Waals surface area contributed by atoms with Crippen molar-refractivity contribution in [2.75, 3.05) is 6.61 Å². The van der Waals surface area contributed by atoms with E-state index < -0.39 is 17.0 Å². The fourth-order valence-corrected chi connectivity index (χ4v) is 6.39. The molecule has 2 atom stereocenters. The van der Waals surface area contributed by atoms with Gasteiger partial charge in [-0.15, -0.1) is 0 Å². The molecular formula is C24H32O4. The second-order valence-electron chi connectivity index (χ2n) is 10.6. The Morgan fingerprint density at radius 3 is 2.21 bits per heavy atom. The summed E-state index contributed by atoms with van der Waals surface area (Å²) >= 11 is 0. The first-order valence-electron chi connectivity index (χ1n) is 10.6. The van der Waals surface area contributed by atoms with E-state index in [1.165, 1.54) is 30.4 Å². The van der Waals surface area contributed by atoms with Crippen molar-refractivity contribution < 1.29 is 19.1 Å². The molecule has 0 aromatic heterocycles. The highest BCUT2D eigenvalue weighted by Gasteiger charge is 2.61. The van der Waals surface area contributed by atoms with Crippen molar-refractivity contribution in [3.05, 3.63) is 35.4 Å². The molecule has 28 heavy (non-hydrogen) atoms. The lowest BCUT2D eigenvalue weighted by molar-refractivity contribution is -0.182. The molecule has 0 unspecified atom stereocenters. The number of carbonyl (C=O) groups is 2. The second kappa shape index (κ2) is 6.60. The molecule has 0 amide bonds. The number of ether oxygens (including phenoxy) is 2. The normalized spacial score (nSPS) is 33.6. The van der Waals surface area contributed by atoms with Crippen molar-refractivity contribution in [3.63, 3.8) is 0 Å². The van der Waals surface area contributed by atoms with Gasteiger partial charge in [0.2, 0.25) is 0 Å². The molecule has 4 aliphatic carbocycles. The number of hydrogen-bond acceptors (Lipinski definition) is 4. The standard InChI is InChI=1S/C24H32O4/c1-16-5-7-19(8-6-16)23-10-17-9-18(11-23)13-24(12-17,15-23)21(26)27-14-20(25)28-22(2,3)4/h5-8,17-18H,9-15H2,1-4H3/t17-,18-,23?,24?/m1/s1. The average molecular weight is 385 g/mol. The molecule has 0 N–H and O–H groups in total. The summed E-state index contributed by atoms with van der Waals surface area (Å²) in [7, 11) is 0. The molecule has 0 aliphatic heterocycles. The molecule has 0 saturated heterocycles. The number of benzene rings is 1. The Labute approximate surface area is 168 Å². The Hall–Kier alpha value is -1.84. The van der Waals surface area contributed by atoms with Crippen LogP contribution in [-0.4, -0.2) is 24.1 Å². The van der Waals surface area contributed by atoms with Gasteiger partial charge in [-0.2, -0.15) is 0 Å². The maximum atomic E-state index is 13.2. The van der Waals surface area contributed by atoms with Crippen molar-refractivity contribution in [3.8, 4) is 0 Å². The van der Waals surface area contributed by atoms with Crippen LogP contribution in [0.15, 0.2) is 24.3 Å². The Bertz CT molecular complexity index is 757. The van der Waals surface area contributed by atoms with Crippen molar-refractivity contribution in [1.29, 1.82) is 0 Å². The van der Waals surface area contributed by atoms with Gasteiger partial charge in [-0.1, -0.05) is 29.8 Å². The summed E-state index contributed by atoms with van der Waals surface area (Å²) in [6.07, 6.45) is 6.24. The van der Waals surface area contributed by atoms with E-state index >= 15 is 0 Å². The molecule has 4 nitrogen and oxygen atoms in total. The van der Waals surface area contributed by atoms with E-state index in [9.17, 15) is 9.59 Å². The third-order valence-electron chi connectivity index (χ3n) is 6.90. The Morgan fingerprint density at radius 1 is 1.04 bits per heavy atom. The summed E-state index contributed by atoms with van der Waals surface area (Å²) in [5.41, 5.74) is 1.72. The van der Waals surface area contributed by atoms with Crippen LogP contribution in [-0.2, 0) is 24.5 Å². The fourth-order valence-electron chi connectivity index (χ4n) is 6.39. The molecule has 4 saturated carbocycles. The van der Waals surface area contributed by atoms with Gasteiger partial charge in [0.1, 0.15) is 5.60 Å². The summed E-state index contributed by atoms with van der Waals surface area (Å²) < 4.78 is 10.8. The van der Waals surface area contributed by atoms with Crippen molar-refractivity contribution >= 4 is 11.9 Å². The van der Waals surface area contributed by atoms with Crippen LogP contribution >= 0.6 is 0 Å². The quantitative estimate of drug-likeness (QED) is 0.705. The Balaban J connectivity index is 1.52. The van der Waals surface area contributed by atoms with E-state index in [2.05, 4.69) is 31.2 Å². The van der Waals surface area contributed by atoms with Crippen molar-refractivity contribution in [1.82, 2.24) is 0 Å². The van der Waals surface area contributed by atoms with Crippen LogP contribution in [0, 0.1) is 24.2 Å². The summed E-state index contributed by atoms with van der Waals surface area (Å²) in [6, 6.07) is 8.87. The molecule has 0 heterocycles. The van der Waals surface area contributed by atoms with Crippen LogP contribution in [0.1, 0.15) is 70.4 Å². The van der Waals surface area contributed by atoms with Crippen LogP contribution in [0.25, 0.3) is 0 Å². The maximum Gasteiger partial charge on any atom is 0.344 e. The van der Waals surface area contributed by atoms with E-state index in [0.29, 0.717) is 11.8 Å². The Kier molecular flexibility index (Phi) is 4.59. The van der Waals surface area contributed by atoms with Gasteiger partial charge in [-0.25, -0.2) is 4.79 Å². The molecule has 1 aromatic carbocycles. The molecule has 0 spiro atoms. The van der Waals surface area contributed by atoms with Gasteiger partial charge in [0.05, 0.1) is 5.41 Å². The van der Waals surface area contributed by atoms with E-state index in [1.807, 2.05) is 20.8 Å². The molecular weight excluding hydrogens is 352 g/mol. The van der Waals surface area contributed by atoms with Gasteiger partial charge in [0.15, 0.2) is 6.61 Å². The molecule has 152 valence electrons. The third kappa shape index (κ3) is 3.58. The second-order valence-corrected chi connectivity index (χ2v) is 10.6. The molecule has 4 fully saturated rings. The van der Waals surface area contributed by atoms with E-state index in [1.54, 1.807) is 0 Å². The van der Waals surface area contributed by atoms with E-state index in [4.69, 9.17) is 9.47 Å². The minimum Gasteiger partial charge on any atom is -0.457 e. The molecule has 4 aliphatic rings. The lowest BCUT2D eigenvalue weighted by atomic mass is 9.43. The molecule has 4 heteroatoms. The Morgan fingerprint density at radius 2 is 1.64 bits per heavy atom. The highest BCUT2D eigenvalue weighted by Crippen LogP contribution is 2.66. The first-order valence-corrected chi connectivity index (χ1v) is 10.6. The number of aryl methyl sites for hydroxylation is 1. The predicted molar refractivity (Wildman–Crippen MR) is 107 cm³/mol. The van der Waals surface area contributed by atoms with Crippen LogP contribution in [0.5, 0.6) is 0 Å².